The molecule has 0 saturated heterocycles. The van der Waals surface area contributed by atoms with E-state index in [0.29, 0.717) is 24.6 Å². The van der Waals surface area contributed by atoms with Crippen LogP contribution >= 0.6 is 11.6 Å². The third kappa shape index (κ3) is 4.02. The fourth-order valence-electron chi connectivity index (χ4n) is 2.25. The van der Waals surface area contributed by atoms with Gasteiger partial charge in [0.1, 0.15) is 12.4 Å². The number of hydrogen-bond donors (Lipinski definition) is 1. The lowest BCUT2D eigenvalue weighted by molar-refractivity contribution is -0.120. The van der Waals surface area contributed by atoms with Gasteiger partial charge in [-0.1, -0.05) is 17.7 Å². The van der Waals surface area contributed by atoms with Crippen LogP contribution in [0.15, 0.2) is 54.9 Å². The minimum Gasteiger partial charge on any atom is -0.492 e. The highest BCUT2D eigenvalue weighted by molar-refractivity contribution is 6.30. The molecule has 1 aromatic carbocycles. The predicted octanol–water partition coefficient (Wildman–Crippen LogP) is 2.73. The zero-order valence-corrected chi connectivity index (χ0v) is 13.2. The molecule has 2 aromatic heterocycles. The third-order valence-electron chi connectivity index (χ3n) is 3.36. The molecule has 5 nitrogen and oxygen atoms in total. The molecular formula is C17H16ClN3O2. The van der Waals surface area contributed by atoms with Gasteiger partial charge in [0, 0.05) is 16.8 Å². The van der Waals surface area contributed by atoms with Crippen LogP contribution in [0, 0.1) is 0 Å². The first-order valence-electron chi connectivity index (χ1n) is 7.29. The number of carbonyl (C=O) groups is 1. The topological polar surface area (TPSA) is 55.6 Å². The Bertz CT molecular complexity index is 799. The lowest BCUT2D eigenvalue weighted by atomic mass is 10.2. The second-order valence-corrected chi connectivity index (χ2v) is 5.47. The SMILES string of the molecule is O=C(Cc1cnn2ccccc12)NCCOc1ccc(Cl)cc1. The normalized spacial score (nSPS) is 10.7. The largest absolute Gasteiger partial charge is 0.492 e. The van der Waals surface area contributed by atoms with Crippen molar-refractivity contribution in [3.8, 4) is 5.75 Å². The van der Waals surface area contributed by atoms with Crippen molar-refractivity contribution in [3.05, 3.63) is 65.4 Å². The summed E-state index contributed by atoms with van der Waals surface area (Å²) in [6.45, 7) is 0.850. The molecule has 118 valence electrons. The Kier molecular flexibility index (Phi) is 4.78. The molecule has 0 saturated carbocycles. The van der Waals surface area contributed by atoms with E-state index in [4.69, 9.17) is 16.3 Å². The molecule has 0 aliphatic carbocycles. The molecule has 1 amide bonds. The Labute approximate surface area is 138 Å². The van der Waals surface area contributed by atoms with Crippen LogP contribution in [-0.4, -0.2) is 28.7 Å². The standard InChI is InChI=1S/C17H16ClN3O2/c18-14-4-6-15(7-5-14)23-10-8-19-17(22)11-13-12-20-21-9-2-1-3-16(13)21/h1-7,9,12H,8,10-11H2,(H,19,22). The van der Waals surface area contributed by atoms with Crippen LogP contribution in [0.4, 0.5) is 0 Å². The molecule has 0 fully saturated rings. The molecule has 0 aliphatic rings. The smallest absolute Gasteiger partial charge is 0.224 e. The van der Waals surface area contributed by atoms with Crippen LogP contribution in [0.5, 0.6) is 5.75 Å². The molecule has 6 heteroatoms. The fraction of sp³-hybridized carbons (Fsp3) is 0.176. The van der Waals surface area contributed by atoms with Crippen molar-refractivity contribution in [1.82, 2.24) is 14.9 Å². The van der Waals surface area contributed by atoms with Gasteiger partial charge < -0.3 is 10.1 Å². The van der Waals surface area contributed by atoms with E-state index >= 15 is 0 Å². The number of benzene rings is 1. The molecule has 3 aromatic rings. The number of aromatic nitrogens is 2. The second kappa shape index (κ2) is 7.15. The number of nitrogens with zero attached hydrogens (tertiary/aromatic N) is 2. The fourth-order valence-corrected chi connectivity index (χ4v) is 2.38. The van der Waals surface area contributed by atoms with E-state index in [1.54, 1.807) is 35.0 Å². The Hall–Kier alpha value is -2.53. The summed E-state index contributed by atoms with van der Waals surface area (Å²) in [7, 11) is 0. The van der Waals surface area contributed by atoms with E-state index in [9.17, 15) is 4.79 Å². The van der Waals surface area contributed by atoms with Crippen molar-refractivity contribution < 1.29 is 9.53 Å². The molecule has 1 N–H and O–H groups in total. The van der Waals surface area contributed by atoms with Gasteiger partial charge in [-0.3, -0.25) is 4.79 Å². The van der Waals surface area contributed by atoms with Crippen LogP contribution in [0.25, 0.3) is 5.52 Å². The summed E-state index contributed by atoms with van der Waals surface area (Å²) in [6.07, 6.45) is 3.88. The summed E-state index contributed by atoms with van der Waals surface area (Å²) in [5, 5.41) is 7.72. The molecule has 0 spiro atoms. The summed E-state index contributed by atoms with van der Waals surface area (Å²) < 4.78 is 7.28. The van der Waals surface area contributed by atoms with Crippen molar-refractivity contribution in [2.45, 2.75) is 6.42 Å². The maximum Gasteiger partial charge on any atom is 0.224 e. The summed E-state index contributed by atoms with van der Waals surface area (Å²) in [4.78, 5) is 12.0. The second-order valence-electron chi connectivity index (χ2n) is 5.03. The first kappa shape index (κ1) is 15.4. The van der Waals surface area contributed by atoms with Gasteiger partial charge in [-0.05, 0) is 36.4 Å². The predicted molar refractivity (Wildman–Crippen MR) is 88.9 cm³/mol. The summed E-state index contributed by atoms with van der Waals surface area (Å²) >= 11 is 5.80. The Morgan fingerprint density at radius 3 is 2.87 bits per heavy atom. The average Bonchev–Trinajstić information content (AvgIpc) is 2.96. The van der Waals surface area contributed by atoms with Gasteiger partial charge in [0.05, 0.1) is 24.7 Å². The highest BCUT2D eigenvalue weighted by atomic mass is 35.5. The number of pyridine rings is 1. The quantitative estimate of drug-likeness (QED) is 0.707. The Morgan fingerprint density at radius 1 is 1.22 bits per heavy atom. The van der Waals surface area contributed by atoms with Crippen LogP contribution in [0.2, 0.25) is 5.02 Å². The number of amides is 1. The van der Waals surface area contributed by atoms with Crippen LogP contribution in [-0.2, 0) is 11.2 Å². The number of rotatable bonds is 6. The Balaban J connectivity index is 1.45. The highest BCUT2D eigenvalue weighted by Gasteiger charge is 2.08. The lowest BCUT2D eigenvalue weighted by Crippen LogP contribution is -2.29. The number of nitrogens with one attached hydrogen (secondary N) is 1. The first-order valence-corrected chi connectivity index (χ1v) is 7.66. The number of fused-ring (bicyclic) bond motifs is 1. The van der Waals surface area contributed by atoms with Gasteiger partial charge in [-0.2, -0.15) is 5.10 Å². The molecule has 3 rings (SSSR count). The number of ether oxygens (including phenoxy) is 1. The zero-order chi connectivity index (χ0) is 16.1. The van der Waals surface area contributed by atoms with Crippen LogP contribution < -0.4 is 10.1 Å². The van der Waals surface area contributed by atoms with E-state index in [-0.39, 0.29) is 5.91 Å². The first-order chi connectivity index (χ1) is 11.2. The summed E-state index contributed by atoms with van der Waals surface area (Å²) in [5.41, 5.74) is 1.85. The minimum absolute atomic E-state index is 0.0524. The minimum atomic E-state index is -0.0524. The third-order valence-corrected chi connectivity index (χ3v) is 3.62. The molecule has 2 heterocycles. The molecule has 0 unspecified atom stereocenters. The Morgan fingerprint density at radius 2 is 2.04 bits per heavy atom. The zero-order valence-electron chi connectivity index (χ0n) is 12.4. The number of hydrogen-bond acceptors (Lipinski definition) is 3. The van der Waals surface area contributed by atoms with Gasteiger partial charge in [0.15, 0.2) is 0 Å². The maximum absolute atomic E-state index is 12.0. The summed E-state index contributed by atoms with van der Waals surface area (Å²) in [6, 6.07) is 12.9. The number of carbonyl (C=O) groups excluding carboxylic acids is 1. The van der Waals surface area contributed by atoms with Crippen LogP contribution in [0.3, 0.4) is 0 Å². The van der Waals surface area contributed by atoms with Gasteiger partial charge >= 0.3 is 0 Å². The monoisotopic (exact) mass is 329 g/mol. The van der Waals surface area contributed by atoms with E-state index in [1.165, 1.54) is 0 Å². The van der Waals surface area contributed by atoms with E-state index in [2.05, 4.69) is 10.4 Å². The number of halogens is 1. The van der Waals surface area contributed by atoms with Gasteiger partial charge in [-0.15, -0.1) is 0 Å². The van der Waals surface area contributed by atoms with Gasteiger partial charge in [0.25, 0.3) is 0 Å². The van der Waals surface area contributed by atoms with Gasteiger partial charge in [0.2, 0.25) is 5.91 Å². The van der Waals surface area contributed by atoms with Crippen molar-refractivity contribution >= 4 is 23.0 Å². The van der Waals surface area contributed by atoms with Crippen molar-refractivity contribution in [2.75, 3.05) is 13.2 Å². The maximum atomic E-state index is 12.0. The van der Waals surface area contributed by atoms with E-state index in [0.717, 1.165) is 16.8 Å². The molecule has 0 atom stereocenters. The molecule has 23 heavy (non-hydrogen) atoms. The van der Waals surface area contributed by atoms with E-state index < -0.39 is 0 Å². The molecule has 0 bridgehead atoms. The van der Waals surface area contributed by atoms with Crippen molar-refractivity contribution in [2.24, 2.45) is 0 Å². The lowest BCUT2D eigenvalue weighted by Gasteiger charge is -2.07. The highest BCUT2D eigenvalue weighted by Crippen LogP contribution is 2.15. The molecule has 0 aliphatic heterocycles. The summed E-state index contributed by atoms with van der Waals surface area (Å²) in [5.74, 6) is 0.676. The van der Waals surface area contributed by atoms with Crippen molar-refractivity contribution in [1.29, 1.82) is 0 Å². The van der Waals surface area contributed by atoms with Crippen molar-refractivity contribution in [3.63, 3.8) is 0 Å². The average molecular weight is 330 g/mol. The van der Waals surface area contributed by atoms with Crippen LogP contribution in [0.1, 0.15) is 5.56 Å². The molecular weight excluding hydrogens is 314 g/mol. The molecule has 0 radical (unpaired) electrons. The van der Waals surface area contributed by atoms with E-state index in [1.807, 2.05) is 24.4 Å². The van der Waals surface area contributed by atoms with Gasteiger partial charge in [-0.25, -0.2) is 4.52 Å².